The predicted molar refractivity (Wildman–Crippen MR) is 149 cm³/mol. The number of furan rings is 1. The first-order chi connectivity index (χ1) is 19.5. The summed E-state index contributed by atoms with van der Waals surface area (Å²) in [5, 5.41) is 18.5. The van der Waals surface area contributed by atoms with Gasteiger partial charge in [-0.15, -0.1) is 0 Å². The molecule has 3 aromatic rings. The number of thioether (sulfide) groups is 1. The third-order valence-electron chi connectivity index (χ3n) is 5.98. The summed E-state index contributed by atoms with van der Waals surface area (Å²) in [7, 11) is 1.53. The number of carbonyl (C=O) groups is 2. The van der Waals surface area contributed by atoms with E-state index in [0.29, 0.717) is 22.2 Å². The molecule has 0 fully saturated rings. The van der Waals surface area contributed by atoms with E-state index in [0.717, 1.165) is 30.0 Å². The monoisotopic (exact) mass is 602 g/mol. The molecule has 2 heterocycles. The fourth-order valence-corrected chi connectivity index (χ4v) is 5.12. The number of methoxy groups -OCH3 is 1. The molecule has 13 heteroatoms. The van der Waals surface area contributed by atoms with Gasteiger partial charge in [-0.2, -0.15) is 18.4 Å². The van der Waals surface area contributed by atoms with E-state index < -0.39 is 23.6 Å². The number of anilines is 2. The largest absolute Gasteiger partial charge is 0.497 e. The van der Waals surface area contributed by atoms with Gasteiger partial charge in [0.1, 0.15) is 11.5 Å². The SMILES string of the molecule is COc1ccc(NC(=O)CSC2=C(C#N)[C@H](c3ccco3)C(C(=O)Nc3cc(C(F)(F)F)ccc3Cl)=C(C)N2)cc1. The number of carbonyl (C=O) groups excluding carboxylic acids is 2. The molecule has 0 unspecified atom stereocenters. The smallest absolute Gasteiger partial charge is 0.416 e. The van der Waals surface area contributed by atoms with Gasteiger partial charge < -0.3 is 25.1 Å². The molecule has 3 N–H and O–H groups in total. The number of hydrogen-bond donors (Lipinski definition) is 3. The minimum atomic E-state index is -4.65. The van der Waals surface area contributed by atoms with Crippen molar-refractivity contribution in [2.45, 2.75) is 19.0 Å². The van der Waals surface area contributed by atoms with E-state index in [1.54, 1.807) is 43.3 Å². The van der Waals surface area contributed by atoms with Crippen molar-refractivity contribution >= 4 is 46.6 Å². The number of ether oxygens (including phenoxy) is 1. The Labute approximate surface area is 242 Å². The molecule has 0 aliphatic carbocycles. The van der Waals surface area contributed by atoms with Crippen LogP contribution in [0.5, 0.6) is 5.75 Å². The van der Waals surface area contributed by atoms with E-state index in [4.69, 9.17) is 20.8 Å². The van der Waals surface area contributed by atoms with Crippen molar-refractivity contribution in [2.75, 3.05) is 23.5 Å². The molecule has 0 radical (unpaired) electrons. The highest BCUT2D eigenvalue weighted by atomic mass is 35.5. The molecule has 4 rings (SSSR count). The van der Waals surface area contributed by atoms with Crippen LogP contribution >= 0.6 is 23.4 Å². The maximum atomic E-state index is 13.5. The Balaban J connectivity index is 1.59. The minimum absolute atomic E-state index is 0.0389. The van der Waals surface area contributed by atoms with Crippen LogP contribution in [0.15, 0.2) is 87.1 Å². The normalized spacial score (nSPS) is 15.2. The fourth-order valence-electron chi connectivity index (χ4n) is 4.06. The highest BCUT2D eigenvalue weighted by Crippen LogP contribution is 2.42. The Morgan fingerprint density at radius 1 is 1.17 bits per heavy atom. The summed E-state index contributed by atoms with van der Waals surface area (Å²) in [6, 6.07) is 14.6. The Morgan fingerprint density at radius 2 is 1.90 bits per heavy atom. The van der Waals surface area contributed by atoms with Crippen molar-refractivity contribution in [1.82, 2.24) is 5.32 Å². The molecule has 212 valence electrons. The molecule has 0 bridgehead atoms. The molecule has 0 spiro atoms. The Hall–Kier alpha value is -4.34. The summed E-state index contributed by atoms with van der Waals surface area (Å²) < 4.78 is 50.4. The quantitative estimate of drug-likeness (QED) is 0.264. The van der Waals surface area contributed by atoms with Gasteiger partial charge in [0.05, 0.1) is 63.6 Å². The van der Waals surface area contributed by atoms with Crippen molar-refractivity contribution < 1.29 is 31.9 Å². The molecule has 1 aromatic heterocycles. The molecule has 2 amide bonds. The maximum absolute atomic E-state index is 13.5. The summed E-state index contributed by atoms with van der Waals surface area (Å²) in [6.07, 6.45) is -3.28. The topological polar surface area (TPSA) is 116 Å². The number of rotatable bonds is 8. The van der Waals surface area contributed by atoms with Gasteiger partial charge in [0, 0.05) is 11.4 Å². The number of nitriles is 1. The second-order valence-electron chi connectivity index (χ2n) is 8.68. The zero-order chi connectivity index (χ0) is 29.7. The number of amides is 2. The first kappa shape index (κ1) is 29.6. The van der Waals surface area contributed by atoms with Crippen LogP contribution in [0.4, 0.5) is 24.5 Å². The van der Waals surface area contributed by atoms with E-state index in [1.807, 2.05) is 0 Å². The van der Waals surface area contributed by atoms with E-state index in [2.05, 4.69) is 22.0 Å². The number of nitrogens with one attached hydrogen (secondary N) is 3. The number of dihydropyridines is 1. The lowest BCUT2D eigenvalue weighted by molar-refractivity contribution is -0.137. The van der Waals surface area contributed by atoms with Gasteiger partial charge in [0.15, 0.2) is 0 Å². The Bertz CT molecular complexity index is 1560. The molecule has 41 heavy (non-hydrogen) atoms. The van der Waals surface area contributed by atoms with Crippen LogP contribution in [-0.2, 0) is 15.8 Å². The van der Waals surface area contributed by atoms with Crippen molar-refractivity contribution in [3.63, 3.8) is 0 Å². The van der Waals surface area contributed by atoms with Crippen LogP contribution in [0.2, 0.25) is 5.02 Å². The van der Waals surface area contributed by atoms with Gasteiger partial charge in [-0.05, 0) is 61.5 Å². The highest BCUT2D eigenvalue weighted by Gasteiger charge is 2.37. The lowest BCUT2D eigenvalue weighted by Gasteiger charge is -2.28. The van der Waals surface area contributed by atoms with Crippen molar-refractivity contribution in [1.29, 1.82) is 5.26 Å². The molecule has 1 aliphatic heterocycles. The predicted octanol–water partition coefficient (Wildman–Crippen LogP) is 6.67. The van der Waals surface area contributed by atoms with Crippen LogP contribution in [0.1, 0.15) is 24.2 Å². The summed E-state index contributed by atoms with van der Waals surface area (Å²) in [4.78, 5) is 26.1. The zero-order valence-corrected chi connectivity index (χ0v) is 23.1. The average molecular weight is 603 g/mol. The molecule has 2 aromatic carbocycles. The standard InChI is InChI=1S/C28H22ClF3N4O4S/c1-15-24(26(38)36-21-12-16(28(30,31)32)5-10-20(21)29)25(22-4-3-11-40-22)19(13-33)27(34-15)41-14-23(37)35-17-6-8-18(39-2)9-7-17/h3-12,25,34H,14H2,1-2H3,(H,35,37)(H,36,38)/t25-/m1/s1. The number of benzene rings is 2. The lowest BCUT2D eigenvalue weighted by Crippen LogP contribution is -2.31. The van der Waals surface area contributed by atoms with E-state index in [1.165, 1.54) is 13.4 Å². The molecule has 8 nitrogen and oxygen atoms in total. The van der Waals surface area contributed by atoms with Crippen LogP contribution in [0.25, 0.3) is 0 Å². The van der Waals surface area contributed by atoms with Gasteiger partial charge in [-0.25, -0.2) is 0 Å². The molecule has 1 aliphatic rings. The van der Waals surface area contributed by atoms with E-state index in [-0.39, 0.29) is 39.3 Å². The number of allylic oxidation sites excluding steroid dienone is 2. The van der Waals surface area contributed by atoms with E-state index in [9.17, 15) is 28.0 Å². The lowest BCUT2D eigenvalue weighted by atomic mass is 9.85. The summed E-state index contributed by atoms with van der Waals surface area (Å²) in [5.74, 6) is -1.32. The first-order valence-electron chi connectivity index (χ1n) is 11.9. The van der Waals surface area contributed by atoms with Crippen molar-refractivity contribution in [2.24, 2.45) is 0 Å². The van der Waals surface area contributed by atoms with Gasteiger partial charge in [-0.3, -0.25) is 9.59 Å². The van der Waals surface area contributed by atoms with Crippen molar-refractivity contribution in [3.05, 3.63) is 99.1 Å². The fraction of sp³-hybridized carbons (Fsp3) is 0.179. The van der Waals surface area contributed by atoms with E-state index >= 15 is 0 Å². The van der Waals surface area contributed by atoms with Gasteiger partial charge >= 0.3 is 6.18 Å². The number of alkyl halides is 3. The zero-order valence-electron chi connectivity index (χ0n) is 21.6. The first-order valence-corrected chi connectivity index (χ1v) is 13.3. The van der Waals surface area contributed by atoms with Gasteiger partial charge in [0.25, 0.3) is 5.91 Å². The van der Waals surface area contributed by atoms with Crippen LogP contribution in [-0.4, -0.2) is 24.7 Å². The van der Waals surface area contributed by atoms with Gasteiger partial charge in [-0.1, -0.05) is 23.4 Å². The molecule has 1 atom stereocenters. The van der Waals surface area contributed by atoms with Crippen LogP contribution < -0.4 is 20.7 Å². The second kappa shape index (κ2) is 12.4. The molecular formula is C28H22ClF3N4O4S. The number of halogens is 4. The third kappa shape index (κ3) is 6.87. The Kier molecular flexibility index (Phi) is 9.00. The Morgan fingerprint density at radius 3 is 2.51 bits per heavy atom. The highest BCUT2D eigenvalue weighted by molar-refractivity contribution is 8.03. The second-order valence-corrected chi connectivity index (χ2v) is 10.1. The maximum Gasteiger partial charge on any atom is 0.416 e. The molecular weight excluding hydrogens is 581 g/mol. The number of nitrogens with zero attached hydrogens (tertiary/aromatic N) is 1. The molecule has 0 saturated heterocycles. The minimum Gasteiger partial charge on any atom is -0.497 e. The number of hydrogen-bond acceptors (Lipinski definition) is 7. The van der Waals surface area contributed by atoms with Crippen LogP contribution in [0.3, 0.4) is 0 Å². The molecule has 0 saturated carbocycles. The van der Waals surface area contributed by atoms with Crippen LogP contribution in [0, 0.1) is 11.3 Å². The summed E-state index contributed by atoms with van der Waals surface area (Å²) in [5.41, 5.74) is -0.243. The summed E-state index contributed by atoms with van der Waals surface area (Å²) >= 11 is 7.13. The average Bonchev–Trinajstić information content (AvgIpc) is 3.47. The summed E-state index contributed by atoms with van der Waals surface area (Å²) in [6.45, 7) is 1.57. The van der Waals surface area contributed by atoms with Crippen molar-refractivity contribution in [3.8, 4) is 11.8 Å². The van der Waals surface area contributed by atoms with Gasteiger partial charge in [0.2, 0.25) is 5.91 Å². The third-order valence-corrected chi connectivity index (χ3v) is 7.33.